The van der Waals surface area contributed by atoms with Crippen molar-refractivity contribution in [1.82, 2.24) is 9.97 Å². The number of amides is 1. The fourth-order valence-corrected chi connectivity index (χ4v) is 1.70. The molecule has 0 spiro atoms. The molecule has 0 aliphatic carbocycles. The number of anilines is 1. The van der Waals surface area contributed by atoms with Crippen LogP contribution < -0.4 is 4.90 Å². The van der Waals surface area contributed by atoms with Crippen LogP contribution in [0.2, 0.25) is 5.15 Å². The van der Waals surface area contributed by atoms with Crippen LogP contribution in [0.4, 0.5) is 5.82 Å². The van der Waals surface area contributed by atoms with E-state index in [1.54, 1.807) is 0 Å². The first-order valence-corrected chi connectivity index (χ1v) is 4.90. The van der Waals surface area contributed by atoms with E-state index < -0.39 is 0 Å². The number of alkyl halides is 1. The van der Waals surface area contributed by atoms with Crippen molar-refractivity contribution in [3.8, 4) is 0 Å². The Kier molecular flexibility index (Phi) is 2.56. The summed E-state index contributed by atoms with van der Waals surface area (Å²) in [5, 5.41) is 0.169. The Morgan fingerprint density at radius 3 is 2.71 bits per heavy atom. The maximum absolute atomic E-state index is 11.4. The summed E-state index contributed by atoms with van der Waals surface area (Å²) in [6.45, 7) is 0.483. The minimum atomic E-state index is -0.139. The van der Waals surface area contributed by atoms with E-state index in [1.807, 2.05) is 0 Å². The molecule has 2 heterocycles. The highest BCUT2D eigenvalue weighted by Crippen LogP contribution is 2.21. The predicted molar refractivity (Wildman–Crippen MR) is 53.7 cm³/mol. The molecule has 1 aliphatic rings. The lowest BCUT2D eigenvalue weighted by Crippen LogP contribution is -2.25. The summed E-state index contributed by atoms with van der Waals surface area (Å²) in [5.74, 6) is 0.476. The number of carbonyl (C=O) groups excluding carboxylic acids is 1. The lowest BCUT2D eigenvalue weighted by molar-refractivity contribution is -0.117. The third-order valence-corrected chi connectivity index (χ3v) is 2.45. The molecule has 74 valence electrons. The highest BCUT2D eigenvalue weighted by atomic mass is 35.5. The summed E-state index contributed by atoms with van der Waals surface area (Å²) in [6.07, 6.45) is 3.23. The summed E-state index contributed by atoms with van der Waals surface area (Å²) < 4.78 is 0. The Hall–Kier alpha value is -0.870. The first kappa shape index (κ1) is 9.68. The van der Waals surface area contributed by atoms with Gasteiger partial charge in [-0.25, -0.2) is 9.97 Å². The summed E-state index contributed by atoms with van der Waals surface area (Å²) in [5.41, 5.74) is 0. The minimum Gasteiger partial charge on any atom is -0.294 e. The van der Waals surface area contributed by atoms with E-state index in [0.29, 0.717) is 23.9 Å². The first-order chi connectivity index (χ1) is 6.66. The van der Waals surface area contributed by atoms with Gasteiger partial charge in [0.2, 0.25) is 5.91 Å². The maximum atomic E-state index is 11.4. The number of aromatic nitrogens is 2. The van der Waals surface area contributed by atoms with Crippen molar-refractivity contribution < 1.29 is 4.79 Å². The van der Waals surface area contributed by atoms with Crippen LogP contribution in [0, 0.1) is 0 Å². The summed E-state index contributed by atoms with van der Waals surface area (Å²) >= 11 is 11.4. The van der Waals surface area contributed by atoms with Crippen molar-refractivity contribution in [3.05, 3.63) is 17.5 Å². The summed E-state index contributed by atoms with van der Waals surface area (Å²) in [4.78, 5) is 20.8. The number of hydrogen-bond donors (Lipinski definition) is 0. The fraction of sp³-hybridized carbons (Fsp3) is 0.375. The molecule has 1 amide bonds. The van der Waals surface area contributed by atoms with E-state index in [-0.39, 0.29) is 11.3 Å². The molecule has 2 rings (SSSR count). The monoisotopic (exact) mass is 231 g/mol. The zero-order valence-corrected chi connectivity index (χ0v) is 8.66. The zero-order valence-electron chi connectivity index (χ0n) is 7.15. The molecule has 1 aromatic rings. The van der Waals surface area contributed by atoms with Crippen molar-refractivity contribution >= 4 is 34.9 Å². The Bertz CT molecular complexity index is 354. The van der Waals surface area contributed by atoms with Crippen molar-refractivity contribution in [2.24, 2.45) is 0 Å². The Morgan fingerprint density at radius 2 is 2.21 bits per heavy atom. The van der Waals surface area contributed by atoms with Crippen molar-refractivity contribution in [2.75, 3.05) is 11.4 Å². The zero-order chi connectivity index (χ0) is 10.1. The third kappa shape index (κ3) is 1.81. The normalized spacial score (nSPS) is 21.7. The lowest BCUT2D eigenvalue weighted by Gasteiger charge is -2.13. The molecule has 0 saturated carbocycles. The van der Waals surface area contributed by atoms with E-state index in [2.05, 4.69) is 9.97 Å². The molecule has 0 N–H and O–H groups in total. The summed E-state index contributed by atoms with van der Waals surface area (Å²) in [6, 6.07) is 0. The molecule has 1 atom stereocenters. The fourth-order valence-electron chi connectivity index (χ4n) is 1.33. The molecule has 14 heavy (non-hydrogen) atoms. The molecule has 1 aromatic heterocycles. The molecule has 4 nitrogen and oxygen atoms in total. The smallest absolute Gasteiger partial charge is 0.229 e. The number of rotatable bonds is 1. The third-order valence-electron chi connectivity index (χ3n) is 1.96. The SMILES string of the molecule is O=C1CC(Cl)CN1c1cnc(Cl)cn1. The maximum Gasteiger partial charge on any atom is 0.229 e. The number of halogens is 2. The van der Waals surface area contributed by atoms with Gasteiger partial charge in [-0.05, 0) is 0 Å². The second-order valence-corrected chi connectivity index (χ2v) is 4.01. The van der Waals surface area contributed by atoms with Crippen LogP contribution in [0.25, 0.3) is 0 Å². The van der Waals surface area contributed by atoms with Gasteiger partial charge in [-0.2, -0.15) is 0 Å². The van der Waals surface area contributed by atoms with E-state index in [9.17, 15) is 4.79 Å². The average molecular weight is 232 g/mol. The van der Waals surface area contributed by atoms with Crippen LogP contribution in [0.5, 0.6) is 0 Å². The van der Waals surface area contributed by atoms with Gasteiger partial charge in [0.1, 0.15) is 5.15 Å². The van der Waals surface area contributed by atoms with Crippen molar-refractivity contribution in [2.45, 2.75) is 11.8 Å². The molecule has 1 aliphatic heterocycles. The number of nitrogens with zero attached hydrogens (tertiary/aromatic N) is 3. The van der Waals surface area contributed by atoms with Gasteiger partial charge >= 0.3 is 0 Å². The number of hydrogen-bond acceptors (Lipinski definition) is 3. The quantitative estimate of drug-likeness (QED) is 0.689. The number of carbonyl (C=O) groups is 1. The van der Waals surface area contributed by atoms with Gasteiger partial charge in [-0.1, -0.05) is 11.6 Å². The van der Waals surface area contributed by atoms with Crippen molar-refractivity contribution in [1.29, 1.82) is 0 Å². The molecule has 0 aromatic carbocycles. The Morgan fingerprint density at radius 1 is 1.43 bits per heavy atom. The molecular weight excluding hydrogens is 225 g/mol. The molecule has 0 radical (unpaired) electrons. The molecule has 0 bridgehead atoms. The predicted octanol–water partition coefficient (Wildman–Crippen LogP) is 1.47. The highest BCUT2D eigenvalue weighted by molar-refractivity contribution is 6.29. The van der Waals surface area contributed by atoms with Crippen LogP contribution in [-0.2, 0) is 4.79 Å². The van der Waals surface area contributed by atoms with Gasteiger partial charge < -0.3 is 0 Å². The van der Waals surface area contributed by atoms with Crippen LogP contribution in [-0.4, -0.2) is 27.8 Å². The second-order valence-electron chi connectivity index (χ2n) is 3.00. The van der Waals surface area contributed by atoms with Gasteiger partial charge in [0, 0.05) is 13.0 Å². The van der Waals surface area contributed by atoms with Crippen molar-refractivity contribution in [3.63, 3.8) is 0 Å². The molecule has 6 heteroatoms. The van der Waals surface area contributed by atoms with E-state index in [0.717, 1.165) is 0 Å². The van der Waals surface area contributed by atoms with Gasteiger partial charge in [-0.15, -0.1) is 11.6 Å². The van der Waals surface area contributed by atoms with Crippen LogP contribution >= 0.6 is 23.2 Å². The molecule has 1 unspecified atom stereocenters. The van der Waals surface area contributed by atoms with E-state index in [1.165, 1.54) is 17.3 Å². The lowest BCUT2D eigenvalue weighted by atomic mass is 10.4. The standard InChI is InChI=1S/C8H7Cl2N3O/c9-5-1-8(14)13(4-5)7-3-11-6(10)2-12-7/h2-3,5H,1,4H2. The van der Waals surface area contributed by atoms with Gasteiger partial charge in [0.05, 0.1) is 17.8 Å². The topological polar surface area (TPSA) is 46.1 Å². The van der Waals surface area contributed by atoms with Crippen LogP contribution in [0.1, 0.15) is 6.42 Å². The van der Waals surface area contributed by atoms with E-state index >= 15 is 0 Å². The Balaban J connectivity index is 2.23. The molecular formula is C8H7Cl2N3O. The minimum absolute atomic E-state index is 0.0263. The molecule has 1 saturated heterocycles. The Labute approximate surface area is 90.9 Å². The summed E-state index contributed by atoms with van der Waals surface area (Å²) in [7, 11) is 0. The second kappa shape index (κ2) is 3.71. The largest absolute Gasteiger partial charge is 0.294 e. The van der Waals surface area contributed by atoms with Crippen LogP contribution in [0.15, 0.2) is 12.4 Å². The molecule has 1 fully saturated rings. The van der Waals surface area contributed by atoms with Crippen LogP contribution in [0.3, 0.4) is 0 Å². The average Bonchev–Trinajstić information content (AvgIpc) is 2.47. The van der Waals surface area contributed by atoms with Gasteiger partial charge in [0.25, 0.3) is 0 Å². The van der Waals surface area contributed by atoms with Gasteiger partial charge in [-0.3, -0.25) is 9.69 Å². The first-order valence-electron chi connectivity index (χ1n) is 4.09. The highest BCUT2D eigenvalue weighted by Gasteiger charge is 2.29. The van der Waals surface area contributed by atoms with E-state index in [4.69, 9.17) is 23.2 Å². The van der Waals surface area contributed by atoms with Gasteiger partial charge in [0.15, 0.2) is 5.82 Å².